The van der Waals surface area contributed by atoms with Crippen molar-refractivity contribution in [2.45, 2.75) is 6.92 Å². The van der Waals surface area contributed by atoms with Crippen LogP contribution in [0.25, 0.3) is 17.0 Å². The molecule has 4 nitrogen and oxygen atoms in total. The number of terminal acetylenes is 1. The van der Waals surface area contributed by atoms with E-state index in [0.29, 0.717) is 18.9 Å². The minimum Gasteiger partial charge on any atom is -0.478 e. The number of carbonyl (C=O) groups is 1. The smallest absolute Gasteiger partial charge is 0.328 e. The molecule has 0 aliphatic carbocycles. The number of benzene rings is 1. The zero-order chi connectivity index (χ0) is 15.2. The van der Waals surface area contributed by atoms with Crippen LogP contribution in [0.3, 0.4) is 0 Å². The van der Waals surface area contributed by atoms with Crippen molar-refractivity contribution in [3.63, 3.8) is 0 Å². The third-order valence-electron chi connectivity index (χ3n) is 3.10. The summed E-state index contributed by atoms with van der Waals surface area (Å²) in [6.45, 7) is 3.11. The van der Waals surface area contributed by atoms with Gasteiger partial charge in [0.25, 0.3) is 0 Å². The van der Waals surface area contributed by atoms with Gasteiger partial charge in [-0.05, 0) is 25.1 Å². The highest BCUT2D eigenvalue weighted by Gasteiger charge is 2.11. The van der Waals surface area contributed by atoms with Gasteiger partial charge in [-0.25, -0.2) is 9.78 Å². The molecule has 2 aromatic rings. The first-order valence-electron chi connectivity index (χ1n) is 6.65. The first-order valence-corrected chi connectivity index (χ1v) is 6.65. The molecule has 0 aliphatic heterocycles. The predicted molar refractivity (Wildman–Crippen MR) is 85.1 cm³/mol. The molecular formula is C17H16N2O2. The van der Waals surface area contributed by atoms with Crippen molar-refractivity contribution in [3.05, 3.63) is 42.0 Å². The number of aliphatic carboxylic acids is 1. The van der Waals surface area contributed by atoms with Crippen LogP contribution in [0.4, 0.5) is 5.82 Å². The highest BCUT2D eigenvalue weighted by atomic mass is 16.4. The van der Waals surface area contributed by atoms with Gasteiger partial charge in [-0.3, -0.25) is 0 Å². The summed E-state index contributed by atoms with van der Waals surface area (Å²) in [6.07, 6.45) is 8.06. The first-order chi connectivity index (χ1) is 10.2. The second-order valence-electron chi connectivity index (χ2n) is 4.48. The molecule has 106 valence electrons. The fourth-order valence-electron chi connectivity index (χ4n) is 2.11. The number of aromatic nitrogens is 1. The first kappa shape index (κ1) is 14.6. The van der Waals surface area contributed by atoms with E-state index >= 15 is 0 Å². The van der Waals surface area contributed by atoms with E-state index in [1.165, 1.54) is 0 Å². The van der Waals surface area contributed by atoms with Gasteiger partial charge in [0.05, 0.1) is 12.1 Å². The molecule has 0 saturated carbocycles. The average molecular weight is 280 g/mol. The fourth-order valence-corrected chi connectivity index (χ4v) is 2.11. The van der Waals surface area contributed by atoms with Crippen molar-refractivity contribution in [2.75, 3.05) is 18.0 Å². The van der Waals surface area contributed by atoms with Crippen LogP contribution in [-0.4, -0.2) is 29.1 Å². The zero-order valence-electron chi connectivity index (χ0n) is 11.8. The Morgan fingerprint density at radius 1 is 1.48 bits per heavy atom. The van der Waals surface area contributed by atoms with Gasteiger partial charge >= 0.3 is 5.97 Å². The Kier molecular flexibility index (Phi) is 4.57. The zero-order valence-corrected chi connectivity index (χ0v) is 11.8. The molecule has 0 saturated heterocycles. The van der Waals surface area contributed by atoms with Crippen molar-refractivity contribution in [1.82, 2.24) is 4.98 Å². The van der Waals surface area contributed by atoms with Crippen LogP contribution in [0.1, 0.15) is 12.5 Å². The molecule has 4 heteroatoms. The highest BCUT2D eigenvalue weighted by Crippen LogP contribution is 2.24. The van der Waals surface area contributed by atoms with E-state index in [1.54, 1.807) is 6.08 Å². The van der Waals surface area contributed by atoms with Crippen LogP contribution in [0.2, 0.25) is 0 Å². The second-order valence-corrected chi connectivity index (χ2v) is 4.48. The van der Waals surface area contributed by atoms with Crippen LogP contribution < -0.4 is 4.90 Å². The number of carboxylic acid groups (broad SMARTS) is 1. The number of pyridine rings is 1. The molecule has 0 unspecified atom stereocenters. The second kappa shape index (κ2) is 6.58. The molecule has 0 fully saturated rings. The number of hydrogen-bond donors (Lipinski definition) is 1. The predicted octanol–water partition coefficient (Wildman–Crippen LogP) is 2.79. The maximum atomic E-state index is 10.8. The quantitative estimate of drug-likeness (QED) is 0.676. The molecule has 1 N–H and O–H groups in total. The Morgan fingerprint density at radius 3 is 2.90 bits per heavy atom. The van der Waals surface area contributed by atoms with E-state index in [2.05, 4.69) is 10.9 Å². The van der Waals surface area contributed by atoms with E-state index in [0.717, 1.165) is 22.5 Å². The van der Waals surface area contributed by atoms with Crippen molar-refractivity contribution < 1.29 is 9.90 Å². The molecule has 0 atom stereocenters. The number of rotatable bonds is 5. The highest BCUT2D eigenvalue weighted by molar-refractivity contribution is 5.90. The van der Waals surface area contributed by atoms with E-state index in [-0.39, 0.29) is 0 Å². The summed E-state index contributed by atoms with van der Waals surface area (Å²) >= 11 is 0. The van der Waals surface area contributed by atoms with E-state index in [4.69, 9.17) is 11.5 Å². The topological polar surface area (TPSA) is 53.4 Å². The number of fused-ring (bicyclic) bond motifs is 1. The standard InChI is InChI=1S/C17H16N2O2/c1-3-11-19(4-2)17-14(9-10-16(20)21)12-13-7-5-6-8-15(13)18-17/h1,5-10,12H,4,11H2,2H3,(H,20,21)/b10-9+. The van der Waals surface area contributed by atoms with Crippen molar-refractivity contribution in [2.24, 2.45) is 0 Å². The van der Waals surface area contributed by atoms with Crippen LogP contribution in [0.15, 0.2) is 36.4 Å². The summed E-state index contributed by atoms with van der Waals surface area (Å²) in [6, 6.07) is 9.64. The third kappa shape index (κ3) is 3.40. The Hall–Kier alpha value is -2.80. The van der Waals surface area contributed by atoms with Crippen LogP contribution in [0, 0.1) is 12.3 Å². The summed E-state index contributed by atoms with van der Waals surface area (Å²) in [5.41, 5.74) is 1.60. The van der Waals surface area contributed by atoms with E-state index in [9.17, 15) is 4.79 Å². The molecule has 0 bridgehead atoms. The molecule has 2 rings (SSSR count). The Bertz CT molecular complexity index is 729. The fraction of sp³-hybridized carbons (Fsp3) is 0.176. The number of anilines is 1. The van der Waals surface area contributed by atoms with Crippen molar-refractivity contribution in [1.29, 1.82) is 0 Å². The SMILES string of the molecule is C#CCN(CC)c1nc2ccccc2cc1/C=C/C(=O)O. The average Bonchev–Trinajstić information content (AvgIpc) is 2.49. The van der Waals surface area contributed by atoms with Gasteiger partial charge in [0, 0.05) is 23.6 Å². The van der Waals surface area contributed by atoms with Gasteiger partial charge in [0.15, 0.2) is 0 Å². The molecular weight excluding hydrogens is 264 g/mol. The van der Waals surface area contributed by atoms with Gasteiger partial charge in [-0.1, -0.05) is 24.1 Å². The number of hydrogen-bond acceptors (Lipinski definition) is 3. The van der Waals surface area contributed by atoms with Crippen LogP contribution in [-0.2, 0) is 4.79 Å². The van der Waals surface area contributed by atoms with Crippen molar-refractivity contribution in [3.8, 4) is 12.3 Å². The summed E-state index contributed by atoms with van der Waals surface area (Å²) < 4.78 is 0. The van der Waals surface area contributed by atoms with Gasteiger partial charge < -0.3 is 10.0 Å². The van der Waals surface area contributed by atoms with Gasteiger partial charge in [0.1, 0.15) is 5.82 Å². The monoisotopic (exact) mass is 280 g/mol. The normalized spacial score (nSPS) is 10.7. The molecule has 1 heterocycles. The Labute approximate surface area is 123 Å². The van der Waals surface area contributed by atoms with E-state index in [1.807, 2.05) is 42.2 Å². The summed E-state index contributed by atoms with van der Waals surface area (Å²) in [5, 5.41) is 9.79. The van der Waals surface area contributed by atoms with Gasteiger partial charge in [-0.15, -0.1) is 6.42 Å². The third-order valence-corrected chi connectivity index (χ3v) is 3.10. The molecule has 1 aromatic heterocycles. The molecule has 21 heavy (non-hydrogen) atoms. The lowest BCUT2D eigenvalue weighted by Gasteiger charge is -2.21. The lowest BCUT2D eigenvalue weighted by molar-refractivity contribution is -0.131. The lowest BCUT2D eigenvalue weighted by atomic mass is 10.1. The number of carboxylic acids is 1. The Balaban J connectivity index is 2.60. The van der Waals surface area contributed by atoms with Crippen molar-refractivity contribution >= 4 is 28.8 Å². The van der Waals surface area contributed by atoms with Crippen LogP contribution >= 0.6 is 0 Å². The number of para-hydroxylation sites is 1. The van der Waals surface area contributed by atoms with Gasteiger partial charge in [0.2, 0.25) is 0 Å². The Morgan fingerprint density at radius 2 is 2.24 bits per heavy atom. The van der Waals surface area contributed by atoms with E-state index < -0.39 is 5.97 Å². The van der Waals surface area contributed by atoms with Gasteiger partial charge in [-0.2, -0.15) is 0 Å². The summed E-state index contributed by atoms with van der Waals surface area (Å²) in [5.74, 6) is 2.31. The minimum absolute atomic E-state index is 0.426. The summed E-state index contributed by atoms with van der Waals surface area (Å²) in [4.78, 5) is 17.3. The summed E-state index contributed by atoms with van der Waals surface area (Å²) in [7, 11) is 0. The largest absolute Gasteiger partial charge is 0.478 e. The molecule has 0 spiro atoms. The lowest BCUT2D eigenvalue weighted by Crippen LogP contribution is -2.24. The molecule has 0 radical (unpaired) electrons. The molecule has 0 amide bonds. The number of nitrogens with zero attached hydrogens (tertiary/aromatic N) is 2. The maximum Gasteiger partial charge on any atom is 0.328 e. The minimum atomic E-state index is -0.992. The van der Waals surface area contributed by atoms with Crippen LogP contribution in [0.5, 0.6) is 0 Å². The molecule has 0 aliphatic rings. The molecule has 1 aromatic carbocycles. The maximum absolute atomic E-state index is 10.8.